The number of rotatable bonds is 6. The molecule has 0 bridgehead atoms. The molecule has 0 radical (unpaired) electrons. The fourth-order valence-electron chi connectivity index (χ4n) is 3.46. The van der Waals surface area contributed by atoms with Crippen LogP contribution in [0.1, 0.15) is 30.2 Å². The Morgan fingerprint density at radius 1 is 1.32 bits per heavy atom. The van der Waals surface area contributed by atoms with Crippen molar-refractivity contribution in [1.82, 2.24) is 34.8 Å². The van der Waals surface area contributed by atoms with E-state index < -0.39 is 6.04 Å². The Balaban J connectivity index is 1.58. The number of nitrogens with zero attached hydrogens (tertiary/aromatic N) is 7. The highest BCUT2D eigenvalue weighted by molar-refractivity contribution is 5.99. The van der Waals surface area contributed by atoms with E-state index in [1.54, 1.807) is 9.58 Å². The standard InChI is InChI=1S/C18H28N8O2/c1-12-9-17(25(5)22-12)26-8-6-7-14(18(26)28)19-16(27)11-23(3)10-15-21-20-13(2)24(15)4/h9,14H,6-8,10-11H2,1-5H3,(H,19,27). The number of aromatic nitrogens is 5. The molecule has 1 N–H and O–H groups in total. The minimum atomic E-state index is -0.512. The summed E-state index contributed by atoms with van der Waals surface area (Å²) in [5.41, 5.74) is 0.858. The van der Waals surface area contributed by atoms with Crippen LogP contribution >= 0.6 is 0 Å². The van der Waals surface area contributed by atoms with E-state index >= 15 is 0 Å². The van der Waals surface area contributed by atoms with Crippen molar-refractivity contribution in [1.29, 1.82) is 0 Å². The van der Waals surface area contributed by atoms with Crippen LogP contribution in [0, 0.1) is 13.8 Å². The molecule has 0 saturated carbocycles. The lowest BCUT2D eigenvalue weighted by atomic mass is 10.0. The van der Waals surface area contributed by atoms with Gasteiger partial charge in [-0.25, -0.2) is 0 Å². The van der Waals surface area contributed by atoms with Crippen LogP contribution in [0.5, 0.6) is 0 Å². The van der Waals surface area contributed by atoms with Gasteiger partial charge in [-0.2, -0.15) is 5.10 Å². The average Bonchev–Trinajstić information content (AvgIpc) is 3.12. The molecule has 0 aliphatic carbocycles. The van der Waals surface area contributed by atoms with E-state index in [9.17, 15) is 9.59 Å². The van der Waals surface area contributed by atoms with Crippen LogP contribution in [-0.4, -0.2) is 67.4 Å². The zero-order chi connectivity index (χ0) is 20.4. The van der Waals surface area contributed by atoms with E-state index in [2.05, 4.69) is 20.6 Å². The van der Waals surface area contributed by atoms with Crippen LogP contribution in [0.4, 0.5) is 5.82 Å². The summed E-state index contributed by atoms with van der Waals surface area (Å²) in [6, 6.07) is 1.38. The molecule has 3 heterocycles. The van der Waals surface area contributed by atoms with E-state index in [1.165, 1.54) is 0 Å². The Morgan fingerprint density at radius 3 is 2.68 bits per heavy atom. The molecule has 10 heteroatoms. The third kappa shape index (κ3) is 4.22. The van der Waals surface area contributed by atoms with Crippen molar-refractivity contribution in [2.75, 3.05) is 25.0 Å². The summed E-state index contributed by atoms with van der Waals surface area (Å²) in [4.78, 5) is 28.9. The summed E-state index contributed by atoms with van der Waals surface area (Å²) < 4.78 is 3.60. The Labute approximate surface area is 164 Å². The molecule has 28 heavy (non-hydrogen) atoms. The van der Waals surface area contributed by atoms with Gasteiger partial charge in [-0.1, -0.05) is 0 Å². The number of anilines is 1. The fourth-order valence-corrected chi connectivity index (χ4v) is 3.46. The molecule has 1 saturated heterocycles. The Bertz CT molecular complexity index is 871. The highest BCUT2D eigenvalue weighted by Gasteiger charge is 2.32. The maximum absolute atomic E-state index is 12.9. The predicted molar refractivity (Wildman–Crippen MR) is 104 cm³/mol. The normalized spacial score (nSPS) is 17.4. The molecule has 1 atom stereocenters. The van der Waals surface area contributed by atoms with Crippen LogP contribution in [0.15, 0.2) is 6.07 Å². The number of aryl methyl sites for hydroxylation is 3. The molecule has 152 valence electrons. The quantitative estimate of drug-likeness (QED) is 0.742. The first-order valence-electron chi connectivity index (χ1n) is 9.41. The summed E-state index contributed by atoms with van der Waals surface area (Å²) in [5, 5.41) is 15.3. The van der Waals surface area contributed by atoms with Gasteiger partial charge in [0, 0.05) is 26.7 Å². The van der Waals surface area contributed by atoms with Gasteiger partial charge in [-0.3, -0.25) is 24.1 Å². The number of likely N-dealkylation sites (N-methyl/N-ethyl adjacent to an activating group) is 1. The number of nitrogens with one attached hydrogen (secondary N) is 1. The number of hydrogen-bond donors (Lipinski definition) is 1. The van der Waals surface area contributed by atoms with Crippen molar-refractivity contribution in [2.24, 2.45) is 14.1 Å². The lowest BCUT2D eigenvalue weighted by Crippen LogP contribution is -2.54. The minimum Gasteiger partial charge on any atom is -0.343 e. The van der Waals surface area contributed by atoms with Gasteiger partial charge in [-0.05, 0) is 33.7 Å². The molecular weight excluding hydrogens is 360 g/mol. The lowest BCUT2D eigenvalue weighted by Gasteiger charge is -2.32. The molecular formula is C18H28N8O2. The van der Waals surface area contributed by atoms with Gasteiger partial charge in [0.2, 0.25) is 5.91 Å². The van der Waals surface area contributed by atoms with Crippen molar-refractivity contribution in [3.05, 3.63) is 23.4 Å². The molecule has 1 fully saturated rings. The van der Waals surface area contributed by atoms with Gasteiger partial charge in [0.05, 0.1) is 18.8 Å². The highest BCUT2D eigenvalue weighted by Crippen LogP contribution is 2.21. The second-order valence-corrected chi connectivity index (χ2v) is 7.41. The van der Waals surface area contributed by atoms with Gasteiger partial charge in [0.25, 0.3) is 5.91 Å². The highest BCUT2D eigenvalue weighted by atomic mass is 16.2. The maximum atomic E-state index is 12.9. The number of amides is 2. The number of carbonyl (C=O) groups excluding carboxylic acids is 2. The largest absolute Gasteiger partial charge is 0.343 e. The van der Waals surface area contributed by atoms with Crippen LogP contribution in [0.25, 0.3) is 0 Å². The summed E-state index contributed by atoms with van der Waals surface area (Å²) in [6.45, 7) is 5.10. The molecule has 2 amide bonds. The SMILES string of the molecule is Cc1cc(N2CCCC(NC(=O)CN(C)Cc3nnc(C)n3C)C2=O)n(C)n1. The zero-order valence-corrected chi connectivity index (χ0v) is 17.1. The van der Waals surface area contributed by atoms with Crippen LogP contribution in [0.2, 0.25) is 0 Å². The topological polar surface area (TPSA) is 101 Å². The fraction of sp³-hybridized carbons (Fsp3) is 0.611. The van der Waals surface area contributed by atoms with Crippen molar-refractivity contribution in [3.8, 4) is 0 Å². The number of hydrogen-bond acceptors (Lipinski definition) is 6. The molecule has 0 aromatic carbocycles. The van der Waals surface area contributed by atoms with E-state index in [0.29, 0.717) is 19.5 Å². The second kappa shape index (κ2) is 8.09. The van der Waals surface area contributed by atoms with Gasteiger partial charge >= 0.3 is 0 Å². The van der Waals surface area contributed by atoms with E-state index in [4.69, 9.17) is 0 Å². The predicted octanol–water partition coefficient (Wildman–Crippen LogP) is -0.0910. The van der Waals surface area contributed by atoms with Crippen LogP contribution in [0.3, 0.4) is 0 Å². The lowest BCUT2D eigenvalue weighted by molar-refractivity contribution is -0.129. The maximum Gasteiger partial charge on any atom is 0.250 e. The zero-order valence-electron chi connectivity index (χ0n) is 17.1. The molecule has 10 nitrogen and oxygen atoms in total. The van der Waals surface area contributed by atoms with Crippen molar-refractivity contribution in [2.45, 2.75) is 39.3 Å². The molecule has 1 aliphatic heterocycles. The first-order chi connectivity index (χ1) is 13.3. The van der Waals surface area contributed by atoms with Gasteiger partial charge in [0.15, 0.2) is 0 Å². The number of piperidine rings is 1. The van der Waals surface area contributed by atoms with Gasteiger partial charge < -0.3 is 9.88 Å². The van der Waals surface area contributed by atoms with Crippen molar-refractivity contribution in [3.63, 3.8) is 0 Å². The van der Waals surface area contributed by atoms with Crippen LogP contribution < -0.4 is 10.2 Å². The molecule has 2 aromatic heterocycles. The monoisotopic (exact) mass is 388 g/mol. The summed E-state index contributed by atoms with van der Waals surface area (Å²) in [7, 11) is 5.56. The second-order valence-electron chi connectivity index (χ2n) is 7.41. The molecule has 1 aliphatic rings. The first kappa shape index (κ1) is 20.0. The van der Waals surface area contributed by atoms with E-state index in [-0.39, 0.29) is 18.4 Å². The first-order valence-corrected chi connectivity index (χ1v) is 9.41. The summed E-state index contributed by atoms with van der Waals surface area (Å²) in [5.74, 6) is 2.11. The third-order valence-electron chi connectivity index (χ3n) is 5.04. The molecule has 1 unspecified atom stereocenters. The van der Waals surface area contributed by atoms with E-state index in [1.807, 2.05) is 50.5 Å². The van der Waals surface area contributed by atoms with Crippen LogP contribution in [-0.2, 0) is 30.2 Å². The van der Waals surface area contributed by atoms with Gasteiger partial charge in [0.1, 0.15) is 23.5 Å². The van der Waals surface area contributed by atoms with Gasteiger partial charge in [-0.15, -0.1) is 10.2 Å². The molecule has 3 rings (SSSR count). The Kier molecular flexibility index (Phi) is 5.78. The summed E-state index contributed by atoms with van der Waals surface area (Å²) >= 11 is 0. The number of carbonyl (C=O) groups is 2. The molecule has 2 aromatic rings. The molecule has 0 spiro atoms. The Hall–Kier alpha value is -2.75. The summed E-state index contributed by atoms with van der Waals surface area (Å²) in [6.07, 6.45) is 1.47. The van der Waals surface area contributed by atoms with Crippen molar-refractivity contribution >= 4 is 17.6 Å². The van der Waals surface area contributed by atoms with Crippen molar-refractivity contribution < 1.29 is 9.59 Å². The Morgan fingerprint density at radius 2 is 2.07 bits per heavy atom. The van der Waals surface area contributed by atoms with E-state index in [0.717, 1.165) is 29.6 Å². The average molecular weight is 388 g/mol. The minimum absolute atomic E-state index is 0.0887. The third-order valence-corrected chi connectivity index (χ3v) is 5.04. The smallest absolute Gasteiger partial charge is 0.250 e.